The van der Waals surface area contributed by atoms with Crippen LogP contribution in [0.2, 0.25) is 0 Å². The van der Waals surface area contributed by atoms with Crippen LogP contribution in [0.15, 0.2) is 0 Å². The Balaban J connectivity index is 1.68. The minimum Gasteiger partial charge on any atom is -0.444 e. The number of hydrogen-bond donors (Lipinski definition) is 2. The molecule has 0 spiro atoms. The summed E-state index contributed by atoms with van der Waals surface area (Å²) in [6.45, 7) is 10.5. The van der Waals surface area contributed by atoms with E-state index < -0.39 is 5.60 Å². The summed E-state index contributed by atoms with van der Waals surface area (Å²) in [6.07, 6.45) is 8.15. The summed E-state index contributed by atoms with van der Waals surface area (Å²) >= 11 is 0. The van der Waals surface area contributed by atoms with Crippen LogP contribution >= 0.6 is 0 Å². The van der Waals surface area contributed by atoms with Gasteiger partial charge in [-0.1, -0.05) is 13.8 Å². The van der Waals surface area contributed by atoms with E-state index in [2.05, 4.69) is 24.5 Å². The molecule has 134 valence electrons. The fraction of sp³-hybridized carbons (Fsp3) is 0.947. The van der Waals surface area contributed by atoms with Crippen molar-refractivity contribution in [3.63, 3.8) is 0 Å². The molecular weight excluding hydrogens is 288 g/mol. The summed E-state index contributed by atoms with van der Waals surface area (Å²) in [6, 6.07) is 1.58. The smallest absolute Gasteiger partial charge is 0.407 e. The lowest BCUT2D eigenvalue weighted by atomic mass is 9.79. The first-order valence-corrected chi connectivity index (χ1v) is 9.47. The molecule has 2 fully saturated rings. The minimum atomic E-state index is -0.419. The molecule has 0 aromatic rings. The molecule has 23 heavy (non-hydrogen) atoms. The summed E-state index contributed by atoms with van der Waals surface area (Å²) in [7, 11) is 0. The molecule has 4 heteroatoms. The van der Waals surface area contributed by atoms with Gasteiger partial charge in [0.25, 0.3) is 0 Å². The molecule has 0 aromatic carbocycles. The Kier molecular flexibility index (Phi) is 6.35. The number of carbonyl (C=O) groups excluding carboxylic acids is 1. The molecule has 0 heterocycles. The highest BCUT2D eigenvalue weighted by molar-refractivity contribution is 5.68. The van der Waals surface area contributed by atoms with Gasteiger partial charge < -0.3 is 15.4 Å². The second-order valence-corrected chi connectivity index (χ2v) is 8.98. The zero-order valence-electron chi connectivity index (χ0n) is 15.7. The second-order valence-electron chi connectivity index (χ2n) is 8.98. The number of ether oxygens (including phenoxy) is 1. The molecule has 2 unspecified atom stereocenters. The van der Waals surface area contributed by atoms with E-state index in [9.17, 15) is 4.79 Å². The van der Waals surface area contributed by atoms with Crippen molar-refractivity contribution in [1.29, 1.82) is 0 Å². The van der Waals surface area contributed by atoms with Crippen molar-refractivity contribution in [2.45, 2.75) is 103 Å². The largest absolute Gasteiger partial charge is 0.444 e. The number of rotatable bonds is 3. The summed E-state index contributed by atoms with van der Waals surface area (Å²) < 4.78 is 5.35. The summed E-state index contributed by atoms with van der Waals surface area (Å²) in [5, 5.41) is 6.91. The molecule has 2 atom stereocenters. The Labute approximate surface area is 142 Å². The van der Waals surface area contributed by atoms with Gasteiger partial charge in [0.1, 0.15) is 5.60 Å². The molecule has 0 bridgehead atoms. The van der Waals surface area contributed by atoms with Gasteiger partial charge in [0.2, 0.25) is 0 Å². The highest BCUT2D eigenvalue weighted by atomic mass is 16.6. The van der Waals surface area contributed by atoms with E-state index in [0.29, 0.717) is 12.1 Å². The maximum atomic E-state index is 11.8. The maximum Gasteiger partial charge on any atom is 0.407 e. The van der Waals surface area contributed by atoms with Gasteiger partial charge in [0.05, 0.1) is 0 Å². The van der Waals surface area contributed by atoms with E-state index in [1.54, 1.807) is 0 Å². The van der Waals surface area contributed by atoms with E-state index in [4.69, 9.17) is 4.74 Å². The van der Waals surface area contributed by atoms with Crippen molar-refractivity contribution >= 4 is 6.09 Å². The highest BCUT2D eigenvalue weighted by Crippen LogP contribution is 2.30. The number of hydrogen-bond acceptors (Lipinski definition) is 3. The van der Waals surface area contributed by atoms with Crippen LogP contribution in [0.1, 0.15) is 79.6 Å². The predicted molar refractivity (Wildman–Crippen MR) is 94.5 cm³/mol. The van der Waals surface area contributed by atoms with Gasteiger partial charge in [0, 0.05) is 18.1 Å². The SMILES string of the molecule is CC1CC(C)CC(NC2CCC(NC(=O)OC(C)(C)C)CC2)C1. The van der Waals surface area contributed by atoms with Gasteiger partial charge in [-0.05, 0) is 77.6 Å². The minimum absolute atomic E-state index is 0.270. The molecule has 0 aromatic heterocycles. The Morgan fingerprint density at radius 1 is 0.870 bits per heavy atom. The third kappa shape index (κ3) is 6.70. The predicted octanol–water partition coefficient (Wildman–Crippen LogP) is 4.24. The normalized spacial score (nSPS) is 35.6. The average Bonchev–Trinajstić information content (AvgIpc) is 2.37. The molecule has 0 aliphatic heterocycles. The third-order valence-corrected chi connectivity index (χ3v) is 5.10. The van der Waals surface area contributed by atoms with Crippen LogP contribution in [0.3, 0.4) is 0 Å². The Hall–Kier alpha value is -0.770. The summed E-state index contributed by atoms with van der Waals surface area (Å²) in [4.78, 5) is 11.8. The molecule has 0 radical (unpaired) electrons. The Morgan fingerprint density at radius 3 is 1.91 bits per heavy atom. The molecule has 2 aliphatic rings. The monoisotopic (exact) mass is 324 g/mol. The lowest BCUT2D eigenvalue weighted by Crippen LogP contribution is -2.47. The van der Waals surface area contributed by atoms with Gasteiger partial charge in [-0.25, -0.2) is 4.79 Å². The molecule has 2 saturated carbocycles. The topological polar surface area (TPSA) is 50.4 Å². The van der Waals surface area contributed by atoms with E-state index >= 15 is 0 Å². The van der Waals surface area contributed by atoms with Gasteiger partial charge in [-0.3, -0.25) is 0 Å². The van der Waals surface area contributed by atoms with Crippen molar-refractivity contribution in [3.8, 4) is 0 Å². The van der Waals surface area contributed by atoms with Crippen molar-refractivity contribution < 1.29 is 9.53 Å². The van der Waals surface area contributed by atoms with E-state index in [1.165, 1.54) is 19.3 Å². The number of carbonyl (C=O) groups is 1. The second kappa shape index (κ2) is 7.87. The van der Waals surface area contributed by atoms with Crippen molar-refractivity contribution in [1.82, 2.24) is 10.6 Å². The number of amides is 1. The Bertz CT molecular complexity index is 373. The van der Waals surface area contributed by atoms with Crippen LogP contribution in [-0.4, -0.2) is 29.8 Å². The van der Waals surface area contributed by atoms with Crippen LogP contribution in [0.4, 0.5) is 4.79 Å². The summed E-state index contributed by atoms with van der Waals surface area (Å²) in [5.74, 6) is 1.70. The van der Waals surface area contributed by atoms with Gasteiger partial charge in [-0.15, -0.1) is 0 Å². The van der Waals surface area contributed by atoms with E-state index in [1.807, 2.05) is 20.8 Å². The van der Waals surface area contributed by atoms with Crippen LogP contribution in [0, 0.1) is 11.8 Å². The third-order valence-electron chi connectivity index (χ3n) is 5.10. The molecular formula is C19H36N2O2. The van der Waals surface area contributed by atoms with E-state index in [-0.39, 0.29) is 12.1 Å². The molecule has 2 N–H and O–H groups in total. The lowest BCUT2D eigenvalue weighted by Gasteiger charge is -2.37. The molecule has 0 saturated heterocycles. The van der Waals surface area contributed by atoms with Gasteiger partial charge in [0.15, 0.2) is 0 Å². The highest BCUT2D eigenvalue weighted by Gasteiger charge is 2.29. The first-order valence-electron chi connectivity index (χ1n) is 9.47. The zero-order valence-corrected chi connectivity index (χ0v) is 15.7. The fourth-order valence-corrected chi connectivity index (χ4v) is 4.30. The number of alkyl carbamates (subject to hydrolysis) is 1. The van der Waals surface area contributed by atoms with Crippen LogP contribution in [0.25, 0.3) is 0 Å². The standard InChI is InChI=1S/C19H36N2O2/c1-13-10-14(2)12-17(11-13)20-15-6-8-16(9-7-15)21-18(22)23-19(3,4)5/h13-17,20H,6-12H2,1-5H3,(H,21,22). The molecule has 4 nitrogen and oxygen atoms in total. The Morgan fingerprint density at radius 2 is 1.39 bits per heavy atom. The maximum absolute atomic E-state index is 11.8. The first kappa shape index (κ1) is 18.6. The zero-order chi connectivity index (χ0) is 17.0. The van der Waals surface area contributed by atoms with Crippen LogP contribution in [0.5, 0.6) is 0 Å². The van der Waals surface area contributed by atoms with Crippen molar-refractivity contribution in [2.24, 2.45) is 11.8 Å². The van der Waals surface area contributed by atoms with Crippen molar-refractivity contribution in [2.75, 3.05) is 0 Å². The van der Waals surface area contributed by atoms with Crippen molar-refractivity contribution in [3.05, 3.63) is 0 Å². The van der Waals surface area contributed by atoms with Gasteiger partial charge >= 0.3 is 6.09 Å². The fourth-order valence-electron chi connectivity index (χ4n) is 4.30. The molecule has 2 aliphatic carbocycles. The van der Waals surface area contributed by atoms with Gasteiger partial charge in [-0.2, -0.15) is 0 Å². The molecule has 1 amide bonds. The van der Waals surface area contributed by atoms with Crippen LogP contribution in [-0.2, 0) is 4.74 Å². The van der Waals surface area contributed by atoms with E-state index in [0.717, 1.165) is 37.5 Å². The first-order chi connectivity index (χ1) is 10.7. The number of nitrogens with one attached hydrogen (secondary N) is 2. The average molecular weight is 325 g/mol. The molecule has 2 rings (SSSR count). The van der Waals surface area contributed by atoms with Crippen LogP contribution < -0.4 is 10.6 Å². The summed E-state index contributed by atoms with van der Waals surface area (Å²) in [5.41, 5.74) is -0.419. The quantitative estimate of drug-likeness (QED) is 0.816. The lowest BCUT2D eigenvalue weighted by molar-refractivity contribution is 0.0488.